The monoisotopic (exact) mass is 297 g/mol. The fourth-order valence-electron chi connectivity index (χ4n) is 1.38. The Kier molecular flexibility index (Phi) is 3.77. The smallest absolute Gasteiger partial charge is 0.340 e. The van der Waals surface area contributed by atoms with E-state index >= 15 is 0 Å². The molecule has 0 saturated carbocycles. The molecule has 2 rings (SSSR count). The first-order chi connectivity index (χ1) is 8.99. The van der Waals surface area contributed by atoms with Gasteiger partial charge in [-0.3, -0.25) is 4.79 Å². The summed E-state index contributed by atoms with van der Waals surface area (Å²) in [7, 11) is 0. The molecule has 19 heavy (non-hydrogen) atoms. The molecule has 2 heterocycles. The number of carboxylic acids is 1. The van der Waals surface area contributed by atoms with Gasteiger partial charge in [0, 0.05) is 6.20 Å². The van der Waals surface area contributed by atoms with Crippen LogP contribution in [0.15, 0.2) is 18.3 Å². The molecule has 2 N–H and O–H groups in total. The summed E-state index contributed by atoms with van der Waals surface area (Å²) in [6.07, 6.45) is 1.34. The van der Waals surface area contributed by atoms with Crippen LogP contribution >= 0.6 is 23.1 Å². The normalized spacial score (nSPS) is 10.2. The number of aryl methyl sites for hydroxylation is 1. The van der Waals surface area contributed by atoms with Gasteiger partial charge in [0.05, 0.1) is 10.7 Å². The maximum atomic E-state index is 11.9. The SMILES string of the molecule is Cc1nsc(NC(=O)c2ccc(Cl)cn2)c1C(=O)O. The summed E-state index contributed by atoms with van der Waals surface area (Å²) in [6, 6.07) is 2.98. The number of amides is 1. The van der Waals surface area contributed by atoms with E-state index < -0.39 is 11.9 Å². The van der Waals surface area contributed by atoms with Crippen LogP contribution in [0.3, 0.4) is 0 Å². The number of aromatic carboxylic acids is 1. The second-order valence-corrected chi connectivity index (χ2v) is 4.80. The van der Waals surface area contributed by atoms with Crippen LogP contribution < -0.4 is 5.32 Å². The molecule has 0 radical (unpaired) electrons. The Labute approximate surface area is 117 Å². The third kappa shape index (κ3) is 2.88. The van der Waals surface area contributed by atoms with Crippen molar-refractivity contribution in [2.75, 3.05) is 5.32 Å². The Morgan fingerprint density at radius 3 is 2.74 bits per heavy atom. The van der Waals surface area contributed by atoms with Gasteiger partial charge in [0.15, 0.2) is 0 Å². The Bertz CT molecular complexity index is 639. The summed E-state index contributed by atoms with van der Waals surface area (Å²) >= 11 is 6.58. The van der Waals surface area contributed by atoms with E-state index in [1.165, 1.54) is 18.3 Å². The van der Waals surface area contributed by atoms with Crippen molar-refractivity contribution in [2.24, 2.45) is 0 Å². The highest BCUT2D eigenvalue weighted by Crippen LogP contribution is 2.24. The highest BCUT2D eigenvalue weighted by molar-refractivity contribution is 7.11. The van der Waals surface area contributed by atoms with Gasteiger partial charge in [-0.15, -0.1) is 0 Å². The third-order valence-electron chi connectivity index (χ3n) is 2.26. The molecule has 2 aromatic heterocycles. The van der Waals surface area contributed by atoms with Crippen molar-refractivity contribution in [2.45, 2.75) is 6.92 Å². The van der Waals surface area contributed by atoms with Crippen LogP contribution in [-0.2, 0) is 0 Å². The number of hydrogen-bond donors (Lipinski definition) is 2. The molecule has 0 aliphatic carbocycles. The molecule has 0 unspecified atom stereocenters. The lowest BCUT2D eigenvalue weighted by molar-refractivity contribution is 0.0697. The molecule has 0 spiro atoms. The quantitative estimate of drug-likeness (QED) is 0.908. The number of nitrogens with zero attached hydrogens (tertiary/aromatic N) is 2. The average molecular weight is 298 g/mol. The van der Waals surface area contributed by atoms with Crippen molar-refractivity contribution in [1.82, 2.24) is 9.36 Å². The molecular formula is C11H8ClN3O3S. The highest BCUT2D eigenvalue weighted by Gasteiger charge is 2.20. The highest BCUT2D eigenvalue weighted by atomic mass is 35.5. The van der Waals surface area contributed by atoms with Crippen molar-refractivity contribution in [3.05, 3.63) is 40.3 Å². The number of aromatic nitrogens is 2. The van der Waals surface area contributed by atoms with Crippen molar-refractivity contribution in [3.63, 3.8) is 0 Å². The molecule has 0 fully saturated rings. The molecule has 0 atom stereocenters. The first-order valence-corrected chi connectivity index (χ1v) is 6.26. The van der Waals surface area contributed by atoms with Gasteiger partial charge in [-0.1, -0.05) is 11.6 Å². The molecule has 6 nitrogen and oxygen atoms in total. The first-order valence-electron chi connectivity index (χ1n) is 5.11. The minimum atomic E-state index is -1.13. The molecule has 2 aromatic rings. The van der Waals surface area contributed by atoms with Crippen LogP contribution in [0.5, 0.6) is 0 Å². The van der Waals surface area contributed by atoms with E-state index in [0.29, 0.717) is 10.7 Å². The predicted octanol–water partition coefficient (Wildman–Crippen LogP) is 2.45. The number of carboxylic acid groups (broad SMARTS) is 1. The Hall–Kier alpha value is -1.99. The number of hydrogen-bond acceptors (Lipinski definition) is 5. The molecule has 0 aromatic carbocycles. The molecule has 0 aliphatic rings. The minimum Gasteiger partial charge on any atom is -0.478 e. The van der Waals surface area contributed by atoms with E-state index in [1.54, 1.807) is 6.92 Å². The number of rotatable bonds is 3. The average Bonchev–Trinajstić information content (AvgIpc) is 2.71. The largest absolute Gasteiger partial charge is 0.478 e. The number of pyridine rings is 1. The van der Waals surface area contributed by atoms with Crippen molar-refractivity contribution in [3.8, 4) is 0 Å². The zero-order chi connectivity index (χ0) is 14.0. The van der Waals surface area contributed by atoms with Crippen LogP contribution in [0.2, 0.25) is 5.02 Å². The molecule has 1 amide bonds. The van der Waals surface area contributed by atoms with Crippen LogP contribution in [0.1, 0.15) is 26.5 Å². The fraction of sp³-hybridized carbons (Fsp3) is 0.0909. The van der Waals surface area contributed by atoms with Crippen molar-refractivity contribution in [1.29, 1.82) is 0 Å². The minimum absolute atomic E-state index is 0.00712. The summed E-state index contributed by atoms with van der Waals surface area (Å²) in [5, 5.41) is 12.1. The molecular weight excluding hydrogens is 290 g/mol. The van der Waals surface area contributed by atoms with E-state index in [2.05, 4.69) is 14.7 Å². The summed E-state index contributed by atoms with van der Waals surface area (Å²) in [4.78, 5) is 26.8. The van der Waals surface area contributed by atoms with Gasteiger partial charge < -0.3 is 10.4 Å². The van der Waals surface area contributed by atoms with E-state index in [-0.39, 0.29) is 16.3 Å². The molecule has 0 aliphatic heterocycles. The van der Waals surface area contributed by atoms with Gasteiger partial charge in [0.25, 0.3) is 5.91 Å². The molecule has 0 bridgehead atoms. The first kappa shape index (κ1) is 13.4. The molecule has 98 valence electrons. The van der Waals surface area contributed by atoms with Crippen molar-refractivity contribution >= 4 is 40.0 Å². The molecule has 8 heteroatoms. The lowest BCUT2D eigenvalue weighted by atomic mass is 10.2. The van der Waals surface area contributed by atoms with Crippen LogP contribution in [0.25, 0.3) is 0 Å². The molecule has 0 saturated heterocycles. The van der Waals surface area contributed by atoms with E-state index in [0.717, 1.165) is 11.5 Å². The summed E-state index contributed by atoms with van der Waals surface area (Å²) in [6.45, 7) is 1.57. The topological polar surface area (TPSA) is 92.2 Å². The zero-order valence-corrected chi connectivity index (χ0v) is 11.2. The lowest BCUT2D eigenvalue weighted by Crippen LogP contribution is -2.14. The number of nitrogens with one attached hydrogen (secondary N) is 1. The Morgan fingerprint density at radius 2 is 2.16 bits per heavy atom. The maximum absolute atomic E-state index is 11.9. The van der Waals surface area contributed by atoms with Crippen LogP contribution in [0.4, 0.5) is 5.00 Å². The Morgan fingerprint density at radius 1 is 1.42 bits per heavy atom. The van der Waals surface area contributed by atoms with Crippen LogP contribution in [-0.4, -0.2) is 26.3 Å². The summed E-state index contributed by atoms with van der Waals surface area (Å²) in [5.74, 6) is -1.64. The van der Waals surface area contributed by atoms with Crippen LogP contribution in [0, 0.1) is 6.92 Å². The summed E-state index contributed by atoms with van der Waals surface area (Å²) < 4.78 is 3.90. The Balaban J connectivity index is 2.24. The number of anilines is 1. The standard InChI is InChI=1S/C11H8ClN3O3S/c1-5-8(11(17)18)10(19-15-5)14-9(16)7-3-2-6(12)4-13-7/h2-4H,1H3,(H,14,16)(H,17,18). The lowest BCUT2D eigenvalue weighted by Gasteiger charge is -2.03. The van der Waals surface area contributed by atoms with E-state index in [4.69, 9.17) is 16.7 Å². The maximum Gasteiger partial charge on any atom is 0.340 e. The second-order valence-electron chi connectivity index (χ2n) is 3.59. The van der Waals surface area contributed by atoms with Gasteiger partial charge in [0.2, 0.25) is 0 Å². The number of halogens is 1. The summed E-state index contributed by atoms with van der Waals surface area (Å²) in [5.41, 5.74) is 0.496. The van der Waals surface area contributed by atoms with Gasteiger partial charge >= 0.3 is 5.97 Å². The fourth-order valence-corrected chi connectivity index (χ4v) is 2.28. The second kappa shape index (κ2) is 5.33. The van der Waals surface area contributed by atoms with Gasteiger partial charge in [-0.2, -0.15) is 4.37 Å². The van der Waals surface area contributed by atoms with Gasteiger partial charge in [0.1, 0.15) is 16.3 Å². The third-order valence-corrected chi connectivity index (χ3v) is 3.34. The van der Waals surface area contributed by atoms with E-state index in [1.807, 2.05) is 0 Å². The zero-order valence-electron chi connectivity index (χ0n) is 9.68. The van der Waals surface area contributed by atoms with E-state index in [9.17, 15) is 9.59 Å². The van der Waals surface area contributed by atoms with Gasteiger partial charge in [-0.25, -0.2) is 9.78 Å². The number of carbonyl (C=O) groups excluding carboxylic acids is 1. The predicted molar refractivity (Wildman–Crippen MR) is 71.0 cm³/mol. The number of carbonyl (C=O) groups is 2. The van der Waals surface area contributed by atoms with Crippen molar-refractivity contribution < 1.29 is 14.7 Å². The van der Waals surface area contributed by atoms with Gasteiger partial charge in [-0.05, 0) is 30.6 Å².